The van der Waals surface area contributed by atoms with Crippen LogP contribution in [0.4, 0.5) is 13.2 Å². The molecule has 1 aliphatic heterocycles. The number of hydrogen-bond acceptors (Lipinski definition) is 3. The van der Waals surface area contributed by atoms with Gasteiger partial charge in [-0.1, -0.05) is 36.4 Å². The van der Waals surface area contributed by atoms with Crippen LogP contribution >= 0.6 is 0 Å². The Bertz CT molecular complexity index is 896. The van der Waals surface area contributed by atoms with Gasteiger partial charge >= 0.3 is 6.18 Å². The van der Waals surface area contributed by atoms with Gasteiger partial charge in [0, 0.05) is 0 Å². The molecule has 0 aliphatic carbocycles. The van der Waals surface area contributed by atoms with Gasteiger partial charge in [0.1, 0.15) is 12.6 Å². The van der Waals surface area contributed by atoms with Crippen LogP contribution < -0.4 is 4.90 Å². The Morgan fingerprint density at radius 1 is 1.04 bits per heavy atom. The number of hydrogen-bond donors (Lipinski definition) is 2. The van der Waals surface area contributed by atoms with Crippen LogP contribution in [-0.2, 0) is 16.2 Å². The highest BCUT2D eigenvalue weighted by Crippen LogP contribution is 2.31. The number of rotatable bonds is 5. The van der Waals surface area contributed by atoms with Gasteiger partial charge in [0.25, 0.3) is 0 Å². The maximum atomic E-state index is 12.9. The van der Waals surface area contributed by atoms with Crippen LogP contribution in [0.15, 0.2) is 59.5 Å². The summed E-state index contributed by atoms with van der Waals surface area (Å²) in [6.45, 7) is 1.77. The van der Waals surface area contributed by atoms with E-state index >= 15 is 0 Å². The average Bonchev–Trinajstić information content (AvgIpc) is 2.68. The van der Waals surface area contributed by atoms with Crippen LogP contribution in [0.1, 0.15) is 17.2 Å². The molecule has 28 heavy (non-hydrogen) atoms. The largest absolute Gasteiger partial charge is 0.416 e. The molecule has 0 aromatic heterocycles. The third-order valence-corrected chi connectivity index (χ3v) is 6.79. The van der Waals surface area contributed by atoms with Crippen LogP contribution in [0.5, 0.6) is 0 Å². The summed E-state index contributed by atoms with van der Waals surface area (Å²) in [5.74, 6) is 0. The van der Waals surface area contributed by atoms with Crippen molar-refractivity contribution in [3.05, 3.63) is 65.7 Å². The number of piperazine rings is 1. The lowest BCUT2D eigenvalue weighted by atomic mass is 10.1. The monoisotopic (exact) mass is 415 g/mol. The summed E-state index contributed by atoms with van der Waals surface area (Å²) in [5, 5.41) is 10.3. The minimum Gasteiger partial charge on any atom is -0.382 e. The topological polar surface area (TPSA) is 62.0 Å². The van der Waals surface area contributed by atoms with Gasteiger partial charge in [-0.2, -0.15) is 17.5 Å². The number of halogens is 3. The molecule has 2 aromatic rings. The predicted molar refractivity (Wildman–Crippen MR) is 97.2 cm³/mol. The SMILES string of the molecule is O=S(=O)(c1cccc(C(F)(F)F)c1)N1CC[NH+](C[C@@H](O)c2ccccc2)CC1. The lowest BCUT2D eigenvalue weighted by Crippen LogP contribution is -3.15. The molecule has 1 atom stereocenters. The van der Waals surface area contributed by atoms with E-state index in [2.05, 4.69) is 0 Å². The Morgan fingerprint density at radius 2 is 1.68 bits per heavy atom. The van der Waals surface area contributed by atoms with E-state index < -0.39 is 27.9 Å². The number of quaternary nitrogens is 1. The number of alkyl halides is 3. The second-order valence-electron chi connectivity index (χ2n) is 6.81. The van der Waals surface area contributed by atoms with Crippen LogP contribution in [0.3, 0.4) is 0 Å². The van der Waals surface area contributed by atoms with Gasteiger partial charge in [-0.15, -0.1) is 0 Å². The van der Waals surface area contributed by atoms with Crippen LogP contribution in [0.2, 0.25) is 0 Å². The molecular formula is C19H22F3N2O3S+. The fourth-order valence-corrected chi connectivity index (χ4v) is 4.78. The summed E-state index contributed by atoms with van der Waals surface area (Å²) in [7, 11) is -3.99. The Kier molecular flexibility index (Phi) is 6.09. The van der Waals surface area contributed by atoms with Crippen molar-refractivity contribution in [2.45, 2.75) is 17.2 Å². The van der Waals surface area contributed by atoms with E-state index in [4.69, 9.17) is 0 Å². The van der Waals surface area contributed by atoms with Crippen LogP contribution in [0, 0.1) is 0 Å². The van der Waals surface area contributed by atoms with Crippen molar-refractivity contribution in [2.24, 2.45) is 0 Å². The Balaban J connectivity index is 1.64. The van der Waals surface area contributed by atoms with E-state index in [9.17, 15) is 26.7 Å². The molecule has 1 fully saturated rings. The Hall–Kier alpha value is -1.94. The summed E-state index contributed by atoms with van der Waals surface area (Å²) in [6, 6.07) is 13.0. The molecule has 0 unspecified atom stereocenters. The highest BCUT2D eigenvalue weighted by Gasteiger charge is 2.35. The molecule has 2 aromatic carbocycles. The minimum atomic E-state index is -4.60. The van der Waals surface area contributed by atoms with Gasteiger partial charge in [-0.3, -0.25) is 0 Å². The number of aliphatic hydroxyl groups is 1. The zero-order chi connectivity index (χ0) is 20.4. The van der Waals surface area contributed by atoms with Crippen LogP contribution in [-0.4, -0.2) is 50.6 Å². The van der Waals surface area contributed by atoms with Gasteiger partial charge in [-0.05, 0) is 23.8 Å². The van der Waals surface area contributed by atoms with E-state index in [1.807, 2.05) is 30.3 Å². The first kappa shape index (κ1) is 20.8. The van der Waals surface area contributed by atoms with E-state index in [0.29, 0.717) is 25.7 Å². The van der Waals surface area contributed by atoms with Gasteiger partial charge in [0.2, 0.25) is 10.0 Å². The zero-order valence-electron chi connectivity index (χ0n) is 15.1. The Morgan fingerprint density at radius 3 is 2.29 bits per heavy atom. The Labute approximate surface area is 162 Å². The van der Waals surface area contributed by atoms with Crippen molar-refractivity contribution in [3.63, 3.8) is 0 Å². The van der Waals surface area contributed by atoms with Crippen molar-refractivity contribution < 1.29 is 31.6 Å². The first-order valence-corrected chi connectivity index (χ1v) is 10.4. The van der Waals surface area contributed by atoms with E-state index in [-0.39, 0.29) is 18.0 Å². The van der Waals surface area contributed by atoms with Crippen LogP contribution in [0.25, 0.3) is 0 Å². The lowest BCUT2D eigenvalue weighted by Gasteiger charge is -2.32. The molecule has 1 saturated heterocycles. The van der Waals surface area contributed by atoms with E-state index in [0.717, 1.165) is 22.6 Å². The smallest absolute Gasteiger partial charge is 0.382 e. The summed E-state index contributed by atoms with van der Waals surface area (Å²) in [6.07, 6.45) is -5.25. The van der Waals surface area contributed by atoms with Gasteiger partial charge in [0.15, 0.2) is 0 Å². The second-order valence-corrected chi connectivity index (χ2v) is 8.75. The lowest BCUT2D eigenvalue weighted by molar-refractivity contribution is -0.907. The zero-order valence-corrected chi connectivity index (χ0v) is 15.9. The molecule has 1 aliphatic rings. The van der Waals surface area contributed by atoms with Crippen molar-refractivity contribution in [1.82, 2.24) is 4.31 Å². The highest BCUT2D eigenvalue weighted by atomic mass is 32.2. The predicted octanol–water partition coefficient (Wildman–Crippen LogP) is 1.33. The first-order valence-electron chi connectivity index (χ1n) is 8.92. The highest BCUT2D eigenvalue weighted by molar-refractivity contribution is 7.89. The first-order chi connectivity index (χ1) is 13.2. The standard InChI is InChI=1S/C19H21F3N2O3S/c20-19(21,22)16-7-4-8-17(13-16)28(26,27)24-11-9-23(10-12-24)14-18(25)15-5-2-1-3-6-15/h1-8,13,18,25H,9-12,14H2/p+1/t18-/m1/s1. The number of nitrogens with one attached hydrogen (secondary N) is 1. The fourth-order valence-electron chi connectivity index (χ4n) is 3.30. The molecule has 0 saturated carbocycles. The molecule has 0 radical (unpaired) electrons. The maximum absolute atomic E-state index is 12.9. The van der Waals surface area contributed by atoms with E-state index in [1.54, 1.807) is 0 Å². The molecule has 5 nitrogen and oxygen atoms in total. The molecular weight excluding hydrogens is 393 g/mol. The van der Waals surface area contributed by atoms with Crippen molar-refractivity contribution in [3.8, 4) is 0 Å². The maximum Gasteiger partial charge on any atom is 0.416 e. The minimum absolute atomic E-state index is 0.190. The van der Waals surface area contributed by atoms with Crippen molar-refractivity contribution in [2.75, 3.05) is 32.7 Å². The van der Waals surface area contributed by atoms with Gasteiger partial charge < -0.3 is 10.0 Å². The van der Waals surface area contributed by atoms with Gasteiger partial charge in [-0.25, -0.2) is 8.42 Å². The summed E-state index contributed by atoms with van der Waals surface area (Å²) >= 11 is 0. The van der Waals surface area contributed by atoms with E-state index in [1.165, 1.54) is 10.4 Å². The second kappa shape index (κ2) is 8.20. The summed E-state index contributed by atoms with van der Waals surface area (Å²) in [4.78, 5) is 0.696. The number of aliphatic hydroxyl groups excluding tert-OH is 1. The summed E-state index contributed by atoms with van der Waals surface area (Å²) in [5.41, 5.74) is -0.183. The molecule has 152 valence electrons. The fraction of sp³-hybridized carbons (Fsp3) is 0.368. The van der Waals surface area contributed by atoms with Gasteiger partial charge in [0.05, 0.1) is 36.6 Å². The molecule has 0 bridgehead atoms. The molecule has 0 amide bonds. The third kappa shape index (κ3) is 4.72. The number of benzene rings is 2. The van der Waals surface area contributed by atoms with Crippen molar-refractivity contribution in [1.29, 1.82) is 0 Å². The number of sulfonamides is 1. The molecule has 2 N–H and O–H groups in total. The molecule has 1 heterocycles. The number of nitrogens with zero attached hydrogens (tertiary/aromatic N) is 1. The molecule has 3 rings (SSSR count). The normalized spacial score (nSPS) is 18.1. The average molecular weight is 415 g/mol. The quantitative estimate of drug-likeness (QED) is 0.775. The summed E-state index contributed by atoms with van der Waals surface area (Å²) < 4.78 is 65.3. The molecule has 0 spiro atoms. The van der Waals surface area contributed by atoms with Crippen molar-refractivity contribution >= 4 is 10.0 Å². The third-order valence-electron chi connectivity index (χ3n) is 4.90. The molecule has 9 heteroatoms.